The van der Waals surface area contributed by atoms with Crippen molar-refractivity contribution in [1.29, 1.82) is 0 Å². The third-order valence-electron chi connectivity index (χ3n) is 5.84. The van der Waals surface area contributed by atoms with E-state index in [0.29, 0.717) is 32.2 Å². The van der Waals surface area contributed by atoms with E-state index in [0.717, 1.165) is 0 Å². The first-order valence-corrected chi connectivity index (χ1v) is 12.4. The van der Waals surface area contributed by atoms with Gasteiger partial charge in [0.15, 0.2) is 0 Å². The minimum absolute atomic E-state index is 0.182. The number of aliphatic hydroxyl groups excluding tert-OH is 1. The SMILES string of the molecule is NCCCC[C@H](N)C(=O)NCC(=O)N1CCC[C@H]1C(=O)N[C@@H](CC(=O)O)C(=O)N[C@@H](CO)C(=O)NCC(=O)O. The molecule has 1 aliphatic rings. The predicted octanol–water partition coefficient (Wildman–Crippen LogP) is -4.81. The molecule has 0 aromatic rings. The maximum Gasteiger partial charge on any atom is 0.322 e. The molecule has 39 heavy (non-hydrogen) atoms. The molecule has 4 atom stereocenters. The number of nitrogens with two attached hydrogens (primary N) is 2. The number of unbranched alkanes of at least 4 members (excludes halogenated alkanes) is 1. The minimum atomic E-state index is -1.68. The number of carbonyl (C=O) groups is 7. The zero-order valence-electron chi connectivity index (χ0n) is 21.4. The summed E-state index contributed by atoms with van der Waals surface area (Å²) in [6.07, 6.45) is 1.49. The van der Waals surface area contributed by atoms with E-state index < -0.39 is 91.8 Å². The highest BCUT2D eigenvalue weighted by Gasteiger charge is 2.37. The highest BCUT2D eigenvalue weighted by atomic mass is 16.4. The highest BCUT2D eigenvalue weighted by Crippen LogP contribution is 2.18. The molecule has 11 N–H and O–H groups in total. The van der Waals surface area contributed by atoms with Gasteiger partial charge in [-0.3, -0.25) is 33.6 Å². The smallest absolute Gasteiger partial charge is 0.322 e. The van der Waals surface area contributed by atoms with Crippen LogP contribution in [0.25, 0.3) is 0 Å². The molecule has 1 saturated heterocycles. The van der Waals surface area contributed by atoms with Crippen molar-refractivity contribution < 1.29 is 48.9 Å². The lowest BCUT2D eigenvalue weighted by Crippen LogP contribution is -2.58. The molecule has 220 valence electrons. The van der Waals surface area contributed by atoms with Gasteiger partial charge in [0.25, 0.3) is 0 Å². The van der Waals surface area contributed by atoms with Crippen LogP contribution in [0.3, 0.4) is 0 Å². The second kappa shape index (κ2) is 16.9. The van der Waals surface area contributed by atoms with E-state index >= 15 is 0 Å². The first kappa shape index (κ1) is 33.2. The topological polar surface area (TPSA) is 284 Å². The number of hydrogen-bond acceptors (Lipinski definition) is 10. The molecule has 17 heteroatoms. The van der Waals surface area contributed by atoms with Crippen LogP contribution in [-0.4, -0.2) is 119 Å². The van der Waals surface area contributed by atoms with Crippen LogP contribution in [0.2, 0.25) is 0 Å². The number of amides is 5. The van der Waals surface area contributed by atoms with E-state index in [1.807, 2.05) is 5.32 Å². The molecule has 0 unspecified atom stereocenters. The summed E-state index contributed by atoms with van der Waals surface area (Å²) in [5.41, 5.74) is 11.2. The summed E-state index contributed by atoms with van der Waals surface area (Å²) < 4.78 is 0. The Morgan fingerprint density at radius 1 is 0.872 bits per heavy atom. The third kappa shape index (κ3) is 11.6. The number of nitrogens with zero attached hydrogens (tertiary/aromatic N) is 1. The van der Waals surface area contributed by atoms with Gasteiger partial charge < -0.3 is 53.0 Å². The number of aliphatic hydroxyl groups is 1. The molecule has 0 spiro atoms. The number of carboxylic acid groups (broad SMARTS) is 2. The van der Waals surface area contributed by atoms with Crippen LogP contribution < -0.4 is 32.7 Å². The van der Waals surface area contributed by atoms with Gasteiger partial charge in [-0.1, -0.05) is 6.42 Å². The van der Waals surface area contributed by atoms with Crippen LogP contribution in [0.4, 0.5) is 0 Å². The Labute approximate surface area is 224 Å². The molecular weight excluding hydrogens is 522 g/mol. The van der Waals surface area contributed by atoms with Gasteiger partial charge in [-0.25, -0.2) is 0 Å². The Kier molecular flexibility index (Phi) is 14.4. The fourth-order valence-corrected chi connectivity index (χ4v) is 3.78. The lowest BCUT2D eigenvalue weighted by molar-refractivity contribution is -0.143. The van der Waals surface area contributed by atoms with E-state index in [2.05, 4.69) is 16.0 Å². The van der Waals surface area contributed by atoms with Crippen LogP contribution in [0, 0.1) is 0 Å². The average Bonchev–Trinajstić information content (AvgIpc) is 3.38. The van der Waals surface area contributed by atoms with Crippen LogP contribution in [0.15, 0.2) is 0 Å². The second-order valence-corrected chi connectivity index (χ2v) is 8.87. The average molecular weight is 560 g/mol. The van der Waals surface area contributed by atoms with Gasteiger partial charge in [-0.15, -0.1) is 0 Å². The molecule has 1 aliphatic heterocycles. The maximum absolute atomic E-state index is 12.9. The Hall–Kier alpha value is -3.83. The quantitative estimate of drug-likeness (QED) is 0.0759. The molecule has 0 radical (unpaired) electrons. The van der Waals surface area contributed by atoms with Crippen LogP contribution >= 0.6 is 0 Å². The summed E-state index contributed by atoms with van der Waals surface area (Å²) >= 11 is 0. The molecule has 17 nitrogen and oxygen atoms in total. The summed E-state index contributed by atoms with van der Waals surface area (Å²) in [7, 11) is 0. The van der Waals surface area contributed by atoms with Gasteiger partial charge in [0.05, 0.1) is 25.6 Å². The first-order chi connectivity index (χ1) is 18.4. The van der Waals surface area contributed by atoms with Crippen LogP contribution in [0.1, 0.15) is 38.5 Å². The summed E-state index contributed by atoms with van der Waals surface area (Å²) in [5.74, 6) is -6.94. The normalized spacial score (nSPS) is 16.9. The van der Waals surface area contributed by atoms with Crippen molar-refractivity contribution in [3.05, 3.63) is 0 Å². The van der Waals surface area contributed by atoms with E-state index in [4.69, 9.17) is 16.6 Å². The largest absolute Gasteiger partial charge is 0.481 e. The summed E-state index contributed by atoms with van der Waals surface area (Å²) in [5, 5.41) is 35.9. The third-order valence-corrected chi connectivity index (χ3v) is 5.84. The number of aliphatic carboxylic acids is 2. The molecule has 0 saturated carbocycles. The summed E-state index contributed by atoms with van der Waals surface area (Å²) in [4.78, 5) is 85.5. The molecule has 1 rings (SSSR count). The lowest BCUT2D eigenvalue weighted by atomic mass is 10.1. The standard InChI is InChI=1S/C22H37N7O10/c23-6-2-1-4-12(24)19(36)25-9-16(31)29-7-3-5-15(29)22(39)27-13(8-17(32)33)21(38)28-14(11-30)20(37)26-10-18(34)35/h12-15,30H,1-11,23-24H2,(H,25,36)(H,26,37)(H,27,39)(H,28,38)(H,32,33)(H,34,35)/t12-,13-,14-,15-/m0/s1. The number of hydrogen-bond donors (Lipinski definition) is 9. The van der Waals surface area contributed by atoms with Crippen molar-refractivity contribution >= 4 is 41.5 Å². The molecule has 0 bridgehead atoms. The monoisotopic (exact) mass is 559 g/mol. The van der Waals surface area contributed by atoms with Gasteiger partial charge in [-0.05, 0) is 32.2 Å². The van der Waals surface area contributed by atoms with Gasteiger partial charge in [-0.2, -0.15) is 0 Å². The number of carbonyl (C=O) groups excluding carboxylic acids is 5. The van der Waals surface area contributed by atoms with Crippen molar-refractivity contribution in [2.24, 2.45) is 11.5 Å². The van der Waals surface area contributed by atoms with Crippen LogP contribution in [-0.2, 0) is 33.6 Å². The minimum Gasteiger partial charge on any atom is -0.481 e. The first-order valence-electron chi connectivity index (χ1n) is 12.4. The van der Waals surface area contributed by atoms with E-state index in [-0.39, 0.29) is 13.0 Å². The van der Waals surface area contributed by atoms with Crippen molar-refractivity contribution in [2.75, 3.05) is 32.8 Å². The van der Waals surface area contributed by atoms with Crippen molar-refractivity contribution in [3.63, 3.8) is 0 Å². The van der Waals surface area contributed by atoms with E-state index in [1.165, 1.54) is 4.90 Å². The van der Waals surface area contributed by atoms with Gasteiger partial charge >= 0.3 is 11.9 Å². The Morgan fingerprint density at radius 3 is 2.13 bits per heavy atom. The van der Waals surface area contributed by atoms with Gasteiger partial charge in [0, 0.05) is 6.54 Å². The van der Waals surface area contributed by atoms with E-state index in [9.17, 15) is 43.8 Å². The van der Waals surface area contributed by atoms with Gasteiger partial charge in [0.2, 0.25) is 29.5 Å². The van der Waals surface area contributed by atoms with Crippen LogP contribution in [0.5, 0.6) is 0 Å². The Morgan fingerprint density at radius 2 is 1.54 bits per heavy atom. The lowest BCUT2D eigenvalue weighted by Gasteiger charge is -2.27. The Balaban J connectivity index is 2.79. The van der Waals surface area contributed by atoms with Gasteiger partial charge in [0.1, 0.15) is 24.7 Å². The summed E-state index contributed by atoms with van der Waals surface area (Å²) in [6.45, 7) is -1.49. The molecule has 0 aromatic heterocycles. The molecule has 1 heterocycles. The number of likely N-dealkylation sites (tertiary alicyclic amines) is 1. The highest BCUT2D eigenvalue weighted by molar-refractivity contribution is 5.97. The van der Waals surface area contributed by atoms with Crippen molar-refractivity contribution in [2.45, 2.75) is 62.7 Å². The Bertz CT molecular complexity index is 916. The zero-order valence-corrected chi connectivity index (χ0v) is 21.4. The van der Waals surface area contributed by atoms with Crippen molar-refractivity contribution in [1.82, 2.24) is 26.2 Å². The molecule has 5 amide bonds. The molecular formula is C22H37N7O10. The fraction of sp³-hybridized carbons (Fsp3) is 0.682. The number of carboxylic acids is 2. The number of nitrogens with one attached hydrogen (secondary N) is 4. The molecule has 0 aliphatic carbocycles. The molecule has 0 aromatic carbocycles. The second-order valence-electron chi connectivity index (χ2n) is 8.87. The summed E-state index contributed by atoms with van der Waals surface area (Å²) in [6, 6.07) is -5.17. The zero-order chi connectivity index (χ0) is 29.5. The fourth-order valence-electron chi connectivity index (χ4n) is 3.78. The van der Waals surface area contributed by atoms with Crippen molar-refractivity contribution in [3.8, 4) is 0 Å². The number of rotatable bonds is 17. The molecule has 1 fully saturated rings. The maximum atomic E-state index is 12.9. The van der Waals surface area contributed by atoms with E-state index in [1.54, 1.807) is 0 Å². The predicted molar refractivity (Wildman–Crippen MR) is 132 cm³/mol.